The van der Waals surface area contributed by atoms with E-state index in [0.29, 0.717) is 0 Å². The molecule has 1 amide bonds. The average Bonchev–Trinajstić information content (AvgIpc) is 2.65. The van der Waals surface area contributed by atoms with Crippen molar-refractivity contribution in [3.63, 3.8) is 0 Å². The third-order valence-electron chi connectivity index (χ3n) is 4.02. The van der Waals surface area contributed by atoms with E-state index in [0.717, 1.165) is 22.3 Å². The first-order chi connectivity index (χ1) is 12.1. The van der Waals surface area contributed by atoms with E-state index in [9.17, 15) is 4.79 Å². The summed E-state index contributed by atoms with van der Waals surface area (Å²) in [5.41, 5.74) is 6.47. The molecule has 0 saturated carbocycles. The number of carbonyl (C=O) groups is 1. The highest BCUT2D eigenvalue weighted by molar-refractivity contribution is 5.99. The quantitative estimate of drug-likeness (QED) is 0.546. The second-order valence-corrected chi connectivity index (χ2v) is 6.01. The Kier molecular flexibility index (Phi) is 5.09. The molecule has 4 heteroatoms. The Morgan fingerprint density at radius 1 is 0.960 bits per heavy atom. The fourth-order valence-corrected chi connectivity index (χ4v) is 2.53. The summed E-state index contributed by atoms with van der Waals surface area (Å²) >= 11 is 0. The van der Waals surface area contributed by atoms with E-state index in [4.69, 9.17) is 0 Å². The van der Waals surface area contributed by atoms with Crippen molar-refractivity contribution in [3.8, 4) is 0 Å². The van der Waals surface area contributed by atoms with Crippen LogP contribution in [0.1, 0.15) is 18.1 Å². The first-order valence-corrected chi connectivity index (χ1v) is 8.25. The van der Waals surface area contributed by atoms with Crippen LogP contribution < -0.4 is 10.7 Å². The molecule has 0 aliphatic rings. The van der Waals surface area contributed by atoms with Crippen LogP contribution in [0.15, 0.2) is 71.8 Å². The molecule has 0 radical (unpaired) electrons. The van der Waals surface area contributed by atoms with Gasteiger partial charge in [0.15, 0.2) is 0 Å². The highest BCUT2D eigenvalue weighted by Gasteiger charge is 2.02. The topological polar surface area (TPSA) is 53.5 Å². The van der Waals surface area contributed by atoms with Crippen LogP contribution in [0.5, 0.6) is 0 Å². The molecule has 3 rings (SSSR count). The minimum absolute atomic E-state index is 0.170. The summed E-state index contributed by atoms with van der Waals surface area (Å²) in [5, 5.41) is 9.61. The number of nitrogens with one attached hydrogen (secondary N) is 2. The van der Waals surface area contributed by atoms with Crippen LogP contribution in [-0.2, 0) is 4.79 Å². The fraction of sp³-hybridized carbons (Fsp3) is 0.143. The van der Waals surface area contributed by atoms with E-state index in [1.807, 2.05) is 68.4 Å². The molecule has 0 aliphatic heterocycles. The number of amides is 1. The first kappa shape index (κ1) is 16.7. The number of rotatable bonds is 5. The van der Waals surface area contributed by atoms with Crippen LogP contribution >= 0.6 is 0 Å². The molecule has 0 fully saturated rings. The van der Waals surface area contributed by atoms with Gasteiger partial charge in [-0.3, -0.25) is 4.79 Å². The predicted octanol–water partition coefficient (Wildman–Crippen LogP) is 4.10. The van der Waals surface area contributed by atoms with Gasteiger partial charge in [-0.15, -0.1) is 0 Å². The van der Waals surface area contributed by atoms with Crippen molar-refractivity contribution < 1.29 is 4.79 Å². The molecule has 0 aromatic heterocycles. The molecule has 0 atom stereocenters. The lowest BCUT2D eigenvalue weighted by atomic mass is 10.1. The maximum absolute atomic E-state index is 12.0. The number of hydrazone groups is 1. The number of anilines is 1. The molecule has 0 aliphatic carbocycles. The molecular weight excluding hydrogens is 310 g/mol. The maximum atomic E-state index is 12.0. The summed E-state index contributed by atoms with van der Waals surface area (Å²) in [6.45, 7) is 4.08. The van der Waals surface area contributed by atoms with Crippen molar-refractivity contribution in [3.05, 3.63) is 77.9 Å². The van der Waals surface area contributed by atoms with Gasteiger partial charge in [0.25, 0.3) is 5.91 Å². The van der Waals surface area contributed by atoms with Crippen LogP contribution in [0.4, 0.5) is 5.69 Å². The van der Waals surface area contributed by atoms with E-state index >= 15 is 0 Å². The van der Waals surface area contributed by atoms with Crippen molar-refractivity contribution in [1.82, 2.24) is 5.43 Å². The molecule has 0 unspecified atom stereocenters. The molecule has 25 heavy (non-hydrogen) atoms. The van der Waals surface area contributed by atoms with Crippen molar-refractivity contribution >= 4 is 28.1 Å². The number of benzene rings is 3. The Morgan fingerprint density at radius 3 is 2.44 bits per heavy atom. The van der Waals surface area contributed by atoms with Crippen molar-refractivity contribution in [2.45, 2.75) is 13.8 Å². The van der Waals surface area contributed by atoms with Gasteiger partial charge in [0.1, 0.15) is 0 Å². The predicted molar refractivity (Wildman–Crippen MR) is 104 cm³/mol. The zero-order chi connectivity index (χ0) is 17.6. The van der Waals surface area contributed by atoms with Gasteiger partial charge >= 0.3 is 0 Å². The molecule has 0 bridgehead atoms. The number of fused-ring (bicyclic) bond motifs is 1. The van der Waals surface area contributed by atoms with Crippen molar-refractivity contribution in [2.24, 2.45) is 5.10 Å². The smallest absolute Gasteiger partial charge is 0.259 e. The van der Waals surface area contributed by atoms with Gasteiger partial charge in [0, 0.05) is 5.69 Å². The van der Waals surface area contributed by atoms with E-state index in [1.54, 1.807) is 0 Å². The van der Waals surface area contributed by atoms with Gasteiger partial charge in [0.05, 0.1) is 12.3 Å². The number of hydrogen-bond acceptors (Lipinski definition) is 3. The molecule has 3 aromatic carbocycles. The summed E-state index contributed by atoms with van der Waals surface area (Å²) < 4.78 is 0. The van der Waals surface area contributed by atoms with Crippen molar-refractivity contribution in [1.29, 1.82) is 0 Å². The van der Waals surface area contributed by atoms with Crippen LogP contribution in [0.2, 0.25) is 0 Å². The van der Waals surface area contributed by atoms with Gasteiger partial charge in [-0.2, -0.15) is 5.10 Å². The Labute approximate surface area is 147 Å². The Morgan fingerprint density at radius 2 is 1.68 bits per heavy atom. The van der Waals surface area contributed by atoms with E-state index in [2.05, 4.69) is 28.0 Å². The van der Waals surface area contributed by atoms with Crippen LogP contribution in [0.3, 0.4) is 0 Å². The lowest BCUT2D eigenvalue weighted by Crippen LogP contribution is -2.26. The summed E-state index contributed by atoms with van der Waals surface area (Å²) in [4.78, 5) is 12.0. The molecule has 4 nitrogen and oxygen atoms in total. The highest BCUT2D eigenvalue weighted by Crippen LogP contribution is 2.18. The second kappa shape index (κ2) is 7.62. The molecular formula is C21H21N3O. The van der Waals surface area contributed by atoms with Gasteiger partial charge in [-0.1, -0.05) is 60.2 Å². The van der Waals surface area contributed by atoms with E-state index in [-0.39, 0.29) is 12.5 Å². The number of carbonyl (C=O) groups excluding carboxylic acids is 1. The summed E-state index contributed by atoms with van der Waals surface area (Å²) in [7, 11) is 0. The third-order valence-corrected chi connectivity index (χ3v) is 4.02. The molecule has 2 N–H and O–H groups in total. The molecule has 126 valence electrons. The minimum atomic E-state index is -0.181. The minimum Gasteiger partial charge on any atom is -0.376 e. The number of aryl methyl sites for hydroxylation is 1. The fourth-order valence-electron chi connectivity index (χ4n) is 2.53. The van der Waals surface area contributed by atoms with Crippen LogP contribution in [0, 0.1) is 6.92 Å². The van der Waals surface area contributed by atoms with Crippen molar-refractivity contribution in [2.75, 3.05) is 11.9 Å². The van der Waals surface area contributed by atoms with Gasteiger partial charge in [-0.05, 0) is 42.3 Å². The average molecular weight is 331 g/mol. The van der Waals surface area contributed by atoms with E-state index in [1.165, 1.54) is 10.9 Å². The Hall–Kier alpha value is -3.14. The van der Waals surface area contributed by atoms with Gasteiger partial charge < -0.3 is 5.32 Å². The maximum Gasteiger partial charge on any atom is 0.259 e. The molecule has 3 aromatic rings. The zero-order valence-electron chi connectivity index (χ0n) is 14.4. The summed E-state index contributed by atoms with van der Waals surface area (Å²) in [6, 6.07) is 22.2. The zero-order valence-corrected chi connectivity index (χ0v) is 14.4. The Balaban J connectivity index is 1.56. The Bertz CT molecular complexity index is 914. The van der Waals surface area contributed by atoms with E-state index < -0.39 is 0 Å². The summed E-state index contributed by atoms with van der Waals surface area (Å²) in [6.07, 6.45) is 0. The highest BCUT2D eigenvalue weighted by atomic mass is 16.2. The molecule has 0 spiro atoms. The number of hydrogen-bond donors (Lipinski definition) is 2. The SMILES string of the molecule is CC(=NNC(=O)CNc1ccc2ccccc2c1)c1ccc(C)cc1. The standard InChI is InChI=1S/C21H21N3O/c1-15-7-9-17(10-8-15)16(2)23-24-21(25)14-22-20-12-11-18-5-3-4-6-19(18)13-20/h3-13,22H,14H2,1-2H3,(H,24,25). The first-order valence-electron chi connectivity index (χ1n) is 8.25. The summed E-state index contributed by atoms with van der Waals surface area (Å²) in [5.74, 6) is -0.181. The normalized spacial score (nSPS) is 11.4. The van der Waals surface area contributed by atoms with Crippen LogP contribution in [0.25, 0.3) is 10.8 Å². The van der Waals surface area contributed by atoms with Gasteiger partial charge in [0.2, 0.25) is 0 Å². The third kappa shape index (κ3) is 4.44. The second-order valence-electron chi connectivity index (χ2n) is 6.01. The number of nitrogens with zero attached hydrogens (tertiary/aromatic N) is 1. The molecule has 0 saturated heterocycles. The monoisotopic (exact) mass is 331 g/mol. The lowest BCUT2D eigenvalue weighted by molar-refractivity contribution is -0.119. The van der Waals surface area contributed by atoms with Gasteiger partial charge in [-0.25, -0.2) is 5.43 Å². The largest absolute Gasteiger partial charge is 0.376 e. The molecule has 0 heterocycles. The lowest BCUT2D eigenvalue weighted by Gasteiger charge is -2.07. The van der Waals surface area contributed by atoms with Crippen LogP contribution in [-0.4, -0.2) is 18.2 Å².